The van der Waals surface area contributed by atoms with Gasteiger partial charge in [-0.1, -0.05) is 54.1 Å². The van der Waals surface area contributed by atoms with E-state index in [1.165, 1.54) is 0 Å². The Kier molecular flexibility index (Phi) is 6.20. The predicted octanol–water partition coefficient (Wildman–Crippen LogP) is 3.51. The number of halogens is 1. The number of carboxylic acids is 1. The molecular formula is C18H17ClO4. The summed E-state index contributed by atoms with van der Waals surface area (Å²) in [4.78, 5) is 11.0. The SMILES string of the molecule is O=C(O)Cc1cc(Cl)cc(C=Cc2ccccc2)c1OCCO. The largest absolute Gasteiger partial charge is 0.490 e. The van der Waals surface area contributed by atoms with E-state index < -0.39 is 5.97 Å². The fraction of sp³-hybridized carbons (Fsp3) is 0.167. The molecule has 2 aromatic carbocycles. The highest BCUT2D eigenvalue weighted by atomic mass is 35.5. The van der Waals surface area contributed by atoms with E-state index >= 15 is 0 Å². The molecule has 0 aliphatic carbocycles. The summed E-state index contributed by atoms with van der Waals surface area (Å²) in [7, 11) is 0. The maximum absolute atomic E-state index is 11.0. The van der Waals surface area contributed by atoms with Crippen LogP contribution in [0.3, 0.4) is 0 Å². The van der Waals surface area contributed by atoms with Crippen molar-refractivity contribution in [3.8, 4) is 5.75 Å². The van der Waals surface area contributed by atoms with Crippen molar-refractivity contribution in [2.24, 2.45) is 0 Å². The molecule has 0 aliphatic rings. The first-order valence-corrected chi connectivity index (χ1v) is 7.49. The number of benzene rings is 2. The number of hydrogen-bond donors (Lipinski definition) is 2. The van der Waals surface area contributed by atoms with Crippen LogP contribution in [0.1, 0.15) is 16.7 Å². The minimum Gasteiger partial charge on any atom is -0.490 e. The molecule has 0 aromatic heterocycles. The number of hydrogen-bond acceptors (Lipinski definition) is 3. The lowest BCUT2D eigenvalue weighted by atomic mass is 10.0. The molecule has 2 N–H and O–H groups in total. The summed E-state index contributed by atoms with van der Waals surface area (Å²) in [6.07, 6.45) is 3.51. The number of carbonyl (C=O) groups is 1. The number of carboxylic acid groups (broad SMARTS) is 1. The van der Waals surface area contributed by atoms with Gasteiger partial charge in [-0.05, 0) is 17.7 Å². The lowest BCUT2D eigenvalue weighted by molar-refractivity contribution is -0.136. The van der Waals surface area contributed by atoms with E-state index in [0.717, 1.165) is 5.56 Å². The topological polar surface area (TPSA) is 66.8 Å². The maximum Gasteiger partial charge on any atom is 0.307 e. The minimum atomic E-state index is -0.973. The molecule has 23 heavy (non-hydrogen) atoms. The van der Waals surface area contributed by atoms with Crippen molar-refractivity contribution in [1.82, 2.24) is 0 Å². The second-order valence-electron chi connectivity index (χ2n) is 4.87. The molecule has 5 heteroatoms. The van der Waals surface area contributed by atoms with Gasteiger partial charge in [0.05, 0.1) is 13.0 Å². The van der Waals surface area contributed by atoms with Crippen LogP contribution in [0.4, 0.5) is 0 Å². The predicted molar refractivity (Wildman–Crippen MR) is 90.7 cm³/mol. The molecule has 0 heterocycles. The molecule has 0 fully saturated rings. The highest BCUT2D eigenvalue weighted by Crippen LogP contribution is 2.30. The first-order valence-electron chi connectivity index (χ1n) is 7.11. The molecule has 0 saturated heterocycles. The maximum atomic E-state index is 11.0. The van der Waals surface area contributed by atoms with Gasteiger partial charge in [0.15, 0.2) is 0 Å². The van der Waals surface area contributed by atoms with Crippen molar-refractivity contribution >= 4 is 29.7 Å². The highest BCUT2D eigenvalue weighted by Gasteiger charge is 2.13. The van der Waals surface area contributed by atoms with Crippen molar-refractivity contribution in [3.63, 3.8) is 0 Å². The van der Waals surface area contributed by atoms with Gasteiger partial charge in [-0.2, -0.15) is 0 Å². The summed E-state index contributed by atoms with van der Waals surface area (Å²) in [5.41, 5.74) is 2.15. The smallest absolute Gasteiger partial charge is 0.307 e. The van der Waals surface area contributed by atoms with Crippen LogP contribution in [0, 0.1) is 0 Å². The number of rotatable bonds is 7. The zero-order valence-corrected chi connectivity index (χ0v) is 13.2. The first kappa shape index (κ1) is 17.1. The molecule has 0 radical (unpaired) electrons. The van der Waals surface area contributed by atoms with Crippen molar-refractivity contribution in [1.29, 1.82) is 0 Å². The minimum absolute atomic E-state index is 0.0838. The van der Waals surface area contributed by atoms with Gasteiger partial charge < -0.3 is 14.9 Å². The molecule has 4 nitrogen and oxygen atoms in total. The van der Waals surface area contributed by atoms with E-state index in [0.29, 0.717) is 21.9 Å². The van der Waals surface area contributed by atoms with Crippen LogP contribution in [-0.4, -0.2) is 29.4 Å². The Bertz CT molecular complexity index is 696. The Morgan fingerprint density at radius 1 is 1.17 bits per heavy atom. The molecule has 0 spiro atoms. The van der Waals surface area contributed by atoms with Gasteiger partial charge in [-0.25, -0.2) is 0 Å². The summed E-state index contributed by atoms with van der Waals surface area (Å²) in [6.45, 7) is -0.0720. The average molecular weight is 333 g/mol. The number of aliphatic hydroxyl groups excluding tert-OH is 1. The molecule has 2 rings (SSSR count). The molecule has 0 unspecified atom stereocenters. The Morgan fingerprint density at radius 3 is 2.57 bits per heavy atom. The van der Waals surface area contributed by atoms with Crippen LogP contribution in [0.25, 0.3) is 12.2 Å². The third-order valence-corrected chi connectivity index (χ3v) is 3.31. The van der Waals surface area contributed by atoms with Gasteiger partial charge in [-0.3, -0.25) is 4.79 Å². The fourth-order valence-electron chi connectivity index (χ4n) is 2.17. The zero-order chi connectivity index (χ0) is 16.7. The third kappa shape index (κ3) is 5.13. The van der Waals surface area contributed by atoms with Crippen LogP contribution < -0.4 is 4.74 Å². The van der Waals surface area contributed by atoms with E-state index in [4.69, 9.17) is 26.6 Å². The van der Waals surface area contributed by atoms with Gasteiger partial charge in [-0.15, -0.1) is 0 Å². The fourth-order valence-corrected chi connectivity index (χ4v) is 2.41. The summed E-state index contributed by atoms with van der Waals surface area (Å²) < 4.78 is 5.54. The molecule has 0 bridgehead atoms. The van der Waals surface area contributed by atoms with E-state index in [9.17, 15) is 4.79 Å². The summed E-state index contributed by atoms with van der Waals surface area (Å²) in [6, 6.07) is 13.0. The van der Waals surface area contributed by atoms with Crippen LogP contribution in [-0.2, 0) is 11.2 Å². The van der Waals surface area contributed by atoms with E-state index in [1.54, 1.807) is 12.1 Å². The Hall–Kier alpha value is -2.30. The van der Waals surface area contributed by atoms with Gasteiger partial charge in [0.2, 0.25) is 0 Å². The normalized spacial score (nSPS) is 10.9. The van der Waals surface area contributed by atoms with Crippen LogP contribution in [0.15, 0.2) is 42.5 Å². The standard InChI is InChI=1S/C18H17ClO4/c19-16-10-14(7-6-13-4-2-1-3-5-13)18(23-9-8-20)15(11-16)12-17(21)22/h1-7,10-11,20H,8-9,12H2,(H,21,22). The number of ether oxygens (including phenoxy) is 1. The Balaban J connectivity index is 2.41. The van der Waals surface area contributed by atoms with Crippen LogP contribution in [0.2, 0.25) is 5.02 Å². The van der Waals surface area contributed by atoms with Crippen molar-refractivity contribution < 1.29 is 19.7 Å². The molecule has 2 aromatic rings. The highest BCUT2D eigenvalue weighted by molar-refractivity contribution is 6.30. The van der Waals surface area contributed by atoms with Crippen molar-refractivity contribution in [3.05, 3.63) is 64.2 Å². The van der Waals surface area contributed by atoms with Gasteiger partial charge in [0.1, 0.15) is 12.4 Å². The monoisotopic (exact) mass is 332 g/mol. The quantitative estimate of drug-likeness (QED) is 0.761. The van der Waals surface area contributed by atoms with Crippen molar-refractivity contribution in [2.45, 2.75) is 6.42 Å². The second kappa shape index (κ2) is 8.36. The molecule has 120 valence electrons. The summed E-state index contributed by atoms with van der Waals surface area (Å²) >= 11 is 6.09. The van der Waals surface area contributed by atoms with Crippen molar-refractivity contribution in [2.75, 3.05) is 13.2 Å². The van der Waals surface area contributed by atoms with Crippen LogP contribution >= 0.6 is 11.6 Å². The van der Waals surface area contributed by atoms with E-state index in [-0.39, 0.29) is 19.6 Å². The lowest BCUT2D eigenvalue weighted by Gasteiger charge is -2.13. The summed E-state index contributed by atoms with van der Waals surface area (Å²) in [5, 5.41) is 18.4. The lowest BCUT2D eigenvalue weighted by Crippen LogP contribution is -2.08. The summed E-state index contributed by atoms with van der Waals surface area (Å²) in [5.74, 6) is -0.544. The Morgan fingerprint density at radius 2 is 1.91 bits per heavy atom. The van der Waals surface area contributed by atoms with E-state index in [1.807, 2.05) is 42.5 Å². The molecule has 0 atom stereocenters. The van der Waals surface area contributed by atoms with Gasteiger partial charge in [0.25, 0.3) is 0 Å². The molecule has 0 aliphatic heterocycles. The van der Waals surface area contributed by atoms with Gasteiger partial charge >= 0.3 is 5.97 Å². The second-order valence-corrected chi connectivity index (χ2v) is 5.31. The Labute approximate surface area is 139 Å². The van der Waals surface area contributed by atoms with Crippen LogP contribution in [0.5, 0.6) is 5.75 Å². The molecular weight excluding hydrogens is 316 g/mol. The first-order chi connectivity index (χ1) is 11.1. The zero-order valence-electron chi connectivity index (χ0n) is 12.4. The van der Waals surface area contributed by atoms with E-state index in [2.05, 4.69) is 0 Å². The number of aliphatic hydroxyl groups is 1. The molecule has 0 saturated carbocycles. The number of aliphatic carboxylic acids is 1. The van der Waals surface area contributed by atoms with Gasteiger partial charge in [0, 0.05) is 16.1 Å². The molecule has 0 amide bonds. The third-order valence-electron chi connectivity index (χ3n) is 3.09. The average Bonchev–Trinajstić information content (AvgIpc) is 2.52.